The van der Waals surface area contributed by atoms with E-state index in [-0.39, 0.29) is 34.7 Å². The summed E-state index contributed by atoms with van der Waals surface area (Å²) in [5.41, 5.74) is 1.11. The average Bonchev–Trinajstić information content (AvgIpc) is 2.70. The molecule has 0 radical (unpaired) electrons. The quantitative estimate of drug-likeness (QED) is 0.723. The molecule has 0 aromatic rings. The van der Waals surface area contributed by atoms with Crippen LogP contribution in [0.25, 0.3) is 0 Å². The Balaban J connectivity index is 1.73. The van der Waals surface area contributed by atoms with Crippen molar-refractivity contribution in [1.29, 1.82) is 0 Å². The summed E-state index contributed by atoms with van der Waals surface area (Å²) in [6.07, 6.45) is 9.48. The molecule has 22 heavy (non-hydrogen) atoms. The second-order valence-corrected chi connectivity index (χ2v) is 8.39. The number of ketones is 1. The fraction of sp³-hybridized carbons (Fsp3) is 0.737. The van der Waals surface area contributed by atoms with E-state index < -0.39 is 0 Å². The molecule has 0 aliphatic heterocycles. The molecule has 120 valence electrons. The van der Waals surface area contributed by atoms with Crippen molar-refractivity contribution in [3.8, 4) is 0 Å². The van der Waals surface area contributed by atoms with Crippen LogP contribution in [0.4, 0.5) is 0 Å². The highest BCUT2D eigenvalue weighted by Crippen LogP contribution is 2.64. The summed E-state index contributed by atoms with van der Waals surface area (Å²) in [4.78, 5) is 11.7. The van der Waals surface area contributed by atoms with E-state index in [1.807, 2.05) is 6.08 Å². The standard InChI is InChI=1S/C19H26O3/c1-18-7-5-12(20)9-11(18)3-4-13-14(18)6-8-19(2)16(22)10-15(21)17(13)19/h5,7,9,13-17,21-22H,3-4,6,8,10H2,1-2H3/t13-,14+,15+,16+,17-,18+,19-/m1/s1. The van der Waals surface area contributed by atoms with Gasteiger partial charge in [-0.25, -0.2) is 0 Å². The Labute approximate surface area is 132 Å². The van der Waals surface area contributed by atoms with E-state index in [2.05, 4.69) is 19.9 Å². The number of carbonyl (C=O) groups is 1. The monoisotopic (exact) mass is 302 g/mol. The van der Waals surface area contributed by atoms with Crippen molar-refractivity contribution >= 4 is 5.78 Å². The molecule has 0 amide bonds. The minimum Gasteiger partial charge on any atom is -0.393 e. The molecule has 3 nitrogen and oxygen atoms in total. The van der Waals surface area contributed by atoms with Crippen LogP contribution in [0.3, 0.4) is 0 Å². The van der Waals surface area contributed by atoms with Crippen molar-refractivity contribution in [3.05, 3.63) is 23.8 Å². The Morgan fingerprint density at radius 2 is 2.00 bits per heavy atom. The third-order valence-corrected chi connectivity index (χ3v) is 7.49. The third kappa shape index (κ3) is 1.73. The van der Waals surface area contributed by atoms with Gasteiger partial charge in [-0.3, -0.25) is 4.79 Å². The van der Waals surface area contributed by atoms with Crippen LogP contribution >= 0.6 is 0 Å². The van der Waals surface area contributed by atoms with E-state index in [1.165, 1.54) is 5.57 Å². The summed E-state index contributed by atoms with van der Waals surface area (Å²) in [7, 11) is 0. The summed E-state index contributed by atoms with van der Waals surface area (Å²) in [5, 5.41) is 21.0. The minimum absolute atomic E-state index is 0.0363. The summed E-state index contributed by atoms with van der Waals surface area (Å²) >= 11 is 0. The number of allylic oxidation sites excluding steroid dienone is 4. The van der Waals surface area contributed by atoms with Gasteiger partial charge in [-0.2, -0.15) is 0 Å². The molecule has 0 bridgehead atoms. The maximum atomic E-state index is 11.7. The lowest BCUT2D eigenvalue weighted by atomic mass is 9.48. The van der Waals surface area contributed by atoms with Gasteiger partial charge < -0.3 is 10.2 Å². The number of rotatable bonds is 0. The van der Waals surface area contributed by atoms with Gasteiger partial charge in [0, 0.05) is 11.8 Å². The lowest BCUT2D eigenvalue weighted by Crippen LogP contribution is -2.52. The normalized spacial score (nSPS) is 53.5. The fourth-order valence-corrected chi connectivity index (χ4v) is 6.23. The molecule has 0 saturated heterocycles. The average molecular weight is 302 g/mol. The SMILES string of the molecule is C[C@]12CC[C@H]3[C@@H](CCC4=CC(=O)C=C[C@@]43C)[C@@H]1[C@@H](O)C[C@@H]2O. The van der Waals surface area contributed by atoms with Crippen LogP contribution in [0.5, 0.6) is 0 Å². The van der Waals surface area contributed by atoms with Gasteiger partial charge in [-0.1, -0.05) is 25.5 Å². The first-order valence-electron chi connectivity index (χ1n) is 8.66. The topological polar surface area (TPSA) is 57.5 Å². The Morgan fingerprint density at radius 1 is 1.23 bits per heavy atom. The van der Waals surface area contributed by atoms with Crippen LogP contribution in [0.15, 0.2) is 23.8 Å². The van der Waals surface area contributed by atoms with E-state index in [0.717, 1.165) is 25.7 Å². The number of carbonyl (C=O) groups excluding carboxylic acids is 1. The van der Waals surface area contributed by atoms with Gasteiger partial charge in [0.2, 0.25) is 0 Å². The molecule has 7 atom stereocenters. The van der Waals surface area contributed by atoms with Gasteiger partial charge in [-0.05, 0) is 61.0 Å². The van der Waals surface area contributed by atoms with E-state index >= 15 is 0 Å². The number of aliphatic hydroxyl groups excluding tert-OH is 2. The van der Waals surface area contributed by atoms with Gasteiger partial charge in [0.05, 0.1) is 12.2 Å². The first-order valence-corrected chi connectivity index (χ1v) is 8.66. The van der Waals surface area contributed by atoms with Gasteiger partial charge >= 0.3 is 0 Å². The largest absolute Gasteiger partial charge is 0.393 e. The van der Waals surface area contributed by atoms with Gasteiger partial charge in [0.25, 0.3) is 0 Å². The van der Waals surface area contributed by atoms with Crippen LogP contribution in [-0.4, -0.2) is 28.2 Å². The number of hydrogen-bond acceptors (Lipinski definition) is 3. The fourth-order valence-electron chi connectivity index (χ4n) is 6.23. The maximum Gasteiger partial charge on any atom is 0.178 e. The molecule has 0 aromatic carbocycles. The zero-order valence-electron chi connectivity index (χ0n) is 13.5. The lowest BCUT2D eigenvalue weighted by Gasteiger charge is -2.56. The smallest absolute Gasteiger partial charge is 0.178 e. The molecule has 2 N–H and O–H groups in total. The maximum absolute atomic E-state index is 11.7. The second kappa shape index (κ2) is 4.55. The Kier molecular flexibility index (Phi) is 3.03. The van der Waals surface area contributed by atoms with E-state index in [1.54, 1.807) is 6.08 Å². The Hall–Kier alpha value is -0.930. The van der Waals surface area contributed by atoms with Crippen LogP contribution < -0.4 is 0 Å². The zero-order valence-corrected chi connectivity index (χ0v) is 13.5. The molecule has 3 saturated carbocycles. The van der Waals surface area contributed by atoms with E-state index in [4.69, 9.17) is 0 Å². The van der Waals surface area contributed by atoms with Crippen molar-refractivity contribution < 1.29 is 15.0 Å². The summed E-state index contributed by atoms with van der Waals surface area (Å²) in [6.45, 7) is 4.43. The molecule has 0 unspecified atom stereocenters. The van der Waals surface area contributed by atoms with Gasteiger partial charge in [0.15, 0.2) is 5.78 Å². The summed E-state index contributed by atoms with van der Waals surface area (Å²) in [6, 6.07) is 0. The van der Waals surface area contributed by atoms with Crippen LogP contribution in [0, 0.1) is 28.6 Å². The Bertz CT molecular complexity index is 577. The number of fused-ring (bicyclic) bond motifs is 5. The van der Waals surface area contributed by atoms with Crippen LogP contribution in [-0.2, 0) is 4.79 Å². The molecule has 3 heteroatoms. The first kappa shape index (κ1) is 14.6. The summed E-state index contributed by atoms with van der Waals surface area (Å²) < 4.78 is 0. The van der Waals surface area contributed by atoms with Crippen molar-refractivity contribution in [3.63, 3.8) is 0 Å². The molecule has 4 aliphatic carbocycles. The highest BCUT2D eigenvalue weighted by molar-refractivity contribution is 6.01. The van der Waals surface area contributed by atoms with Crippen LogP contribution in [0.1, 0.15) is 46.0 Å². The van der Waals surface area contributed by atoms with Crippen molar-refractivity contribution in [2.75, 3.05) is 0 Å². The predicted octanol–water partition coefficient (Wildman–Crippen LogP) is 2.63. The molecule has 0 spiro atoms. The molecular formula is C19H26O3. The van der Waals surface area contributed by atoms with E-state index in [9.17, 15) is 15.0 Å². The molecule has 4 rings (SSSR count). The van der Waals surface area contributed by atoms with Gasteiger partial charge in [-0.15, -0.1) is 0 Å². The molecular weight excluding hydrogens is 276 g/mol. The van der Waals surface area contributed by atoms with Crippen molar-refractivity contribution in [1.82, 2.24) is 0 Å². The van der Waals surface area contributed by atoms with Crippen LogP contribution in [0.2, 0.25) is 0 Å². The van der Waals surface area contributed by atoms with E-state index in [0.29, 0.717) is 18.3 Å². The number of aliphatic hydroxyl groups is 2. The Morgan fingerprint density at radius 3 is 2.77 bits per heavy atom. The molecule has 3 fully saturated rings. The summed E-state index contributed by atoms with van der Waals surface area (Å²) in [5.74, 6) is 1.24. The second-order valence-electron chi connectivity index (χ2n) is 8.39. The first-order chi connectivity index (χ1) is 10.4. The highest BCUT2D eigenvalue weighted by Gasteiger charge is 2.61. The number of hydrogen-bond donors (Lipinski definition) is 2. The zero-order chi connectivity index (χ0) is 15.7. The third-order valence-electron chi connectivity index (χ3n) is 7.49. The van der Waals surface area contributed by atoms with Gasteiger partial charge in [0.1, 0.15) is 0 Å². The predicted molar refractivity (Wildman–Crippen MR) is 84.0 cm³/mol. The van der Waals surface area contributed by atoms with Crippen molar-refractivity contribution in [2.45, 2.75) is 58.2 Å². The molecule has 4 aliphatic rings. The highest BCUT2D eigenvalue weighted by atomic mass is 16.3. The van der Waals surface area contributed by atoms with Crippen molar-refractivity contribution in [2.24, 2.45) is 28.6 Å². The molecule has 0 aromatic heterocycles. The molecule has 0 heterocycles. The lowest BCUT2D eigenvalue weighted by molar-refractivity contribution is -0.111. The minimum atomic E-state index is -0.379.